The number of aliphatic hydroxyl groups is 1. The van der Waals surface area contributed by atoms with Crippen LogP contribution in [0.15, 0.2) is 12.3 Å². The van der Waals surface area contributed by atoms with Crippen LogP contribution in [0.3, 0.4) is 0 Å². The molecule has 0 saturated heterocycles. The number of halogens is 1. The molecule has 0 spiro atoms. The minimum Gasteiger partial charge on any atom is -0.390 e. The molecule has 2 saturated carbocycles. The normalized spacial score (nSPS) is 34.2. The van der Waals surface area contributed by atoms with Crippen molar-refractivity contribution in [3.05, 3.63) is 23.0 Å². The predicted octanol–water partition coefficient (Wildman–Crippen LogP) is 2.58. The Labute approximate surface area is 135 Å². The number of nitrogens with two attached hydrogens (primary N) is 1. The highest BCUT2D eigenvalue weighted by Gasteiger charge is 2.44. The van der Waals surface area contributed by atoms with Crippen LogP contribution in [-0.4, -0.2) is 27.6 Å². The van der Waals surface area contributed by atoms with Crippen LogP contribution in [0, 0.1) is 11.8 Å². The summed E-state index contributed by atoms with van der Waals surface area (Å²) >= 11 is 5.96. The van der Waals surface area contributed by atoms with E-state index in [0.717, 1.165) is 25.7 Å². The van der Waals surface area contributed by atoms with Crippen molar-refractivity contribution < 1.29 is 9.90 Å². The highest BCUT2D eigenvalue weighted by Crippen LogP contribution is 2.45. The number of primary amides is 1. The fourth-order valence-electron chi connectivity index (χ4n) is 4.22. The summed E-state index contributed by atoms with van der Waals surface area (Å²) in [7, 11) is 0. The topological polar surface area (TPSA) is 88.2 Å². The number of hydrogen-bond donors (Lipinski definition) is 3. The van der Waals surface area contributed by atoms with E-state index in [1.165, 1.54) is 12.6 Å². The Bertz CT molecular complexity index is 575. The largest absolute Gasteiger partial charge is 0.390 e. The second kappa shape index (κ2) is 5.70. The first-order chi connectivity index (χ1) is 10.4. The van der Waals surface area contributed by atoms with Gasteiger partial charge in [0.15, 0.2) is 0 Å². The van der Waals surface area contributed by atoms with E-state index < -0.39 is 11.5 Å². The number of fused-ring (bicyclic) bond motifs is 2. The maximum absolute atomic E-state index is 11.6. The van der Waals surface area contributed by atoms with E-state index in [2.05, 4.69) is 10.3 Å². The summed E-state index contributed by atoms with van der Waals surface area (Å²) in [6, 6.07) is 1.90. The van der Waals surface area contributed by atoms with Crippen LogP contribution >= 0.6 is 11.6 Å². The molecule has 0 radical (unpaired) electrons. The minimum absolute atomic E-state index is 0.241. The van der Waals surface area contributed by atoms with E-state index in [-0.39, 0.29) is 6.04 Å². The molecule has 6 heteroatoms. The molecular weight excluding hydrogens is 302 g/mol. The number of pyridine rings is 1. The van der Waals surface area contributed by atoms with Gasteiger partial charge in [-0.1, -0.05) is 18.0 Å². The number of aromatic nitrogens is 1. The van der Waals surface area contributed by atoms with Crippen LogP contribution in [0.4, 0.5) is 5.69 Å². The minimum atomic E-state index is -0.587. The van der Waals surface area contributed by atoms with Crippen molar-refractivity contribution in [2.75, 3.05) is 5.32 Å². The molecule has 1 aromatic rings. The zero-order chi connectivity index (χ0) is 15.9. The summed E-state index contributed by atoms with van der Waals surface area (Å²) < 4.78 is 0. The van der Waals surface area contributed by atoms with Crippen LogP contribution in [-0.2, 0) is 0 Å². The molecule has 5 nitrogen and oxygen atoms in total. The molecule has 2 aliphatic carbocycles. The Morgan fingerprint density at radius 3 is 2.68 bits per heavy atom. The number of nitrogens with one attached hydrogen (secondary N) is 1. The molecule has 2 fully saturated rings. The van der Waals surface area contributed by atoms with Crippen molar-refractivity contribution in [1.82, 2.24) is 4.98 Å². The highest BCUT2D eigenvalue weighted by atomic mass is 35.5. The van der Waals surface area contributed by atoms with E-state index in [4.69, 9.17) is 17.3 Å². The monoisotopic (exact) mass is 323 g/mol. The van der Waals surface area contributed by atoms with E-state index in [0.29, 0.717) is 28.2 Å². The Hall–Kier alpha value is -1.33. The Kier molecular flexibility index (Phi) is 4.03. The molecule has 120 valence electrons. The third kappa shape index (κ3) is 3.06. The lowest BCUT2D eigenvalue weighted by atomic mass is 9.63. The fourth-order valence-corrected chi connectivity index (χ4v) is 4.38. The zero-order valence-corrected chi connectivity index (χ0v) is 13.4. The van der Waals surface area contributed by atoms with E-state index in [1.54, 1.807) is 6.07 Å². The SMILES string of the molecule is C[C@@]1(O)C[C@H]2CCC[C@@H](C1)[C@H]2Nc1cc(Cl)ncc1C(N)=O. The molecule has 3 rings (SSSR count). The average Bonchev–Trinajstić information content (AvgIpc) is 2.39. The molecule has 0 aromatic carbocycles. The molecule has 0 unspecified atom stereocenters. The van der Waals surface area contributed by atoms with Crippen molar-refractivity contribution >= 4 is 23.2 Å². The summed E-state index contributed by atoms with van der Waals surface area (Å²) in [6.45, 7) is 1.92. The standard InChI is InChI=1S/C16H22ClN3O2/c1-16(22)6-9-3-2-4-10(7-16)14(9)20-12-5-13(17)19-8-11(12)15(18)21/h5,8-10,14,22H,2-4,6-7H2,1H3,(H2,18,21)(H,19,20)/t9-,10+,14+,16-. The lowest BCUT2D eigenvalue weighted by Crippen LogP contribution is -2.51. The van der Waals surface area contributed by atoms with Gasteiger partial charge in [-0.05, 0) is 50.5 Å². The molecule has 1 heterocycles. The van der Waals surface area contributed by atoms with Crippen LogP contribution < -0.4 is 11.1 Å². The Morgan fingerprint density at radius 1 is 1.45 bits per heavy atom. The molecule has 1 amide bonds. The Balaban J connectivity index is 1.87. The fraction of sp³-hybridized carbons (Fsp3) is 0.625. The van der Waals surface area contributed by atoms with Crippen molar-refractivity contribution in [3.8, 4) is 0 Å². The molecule has 22 heavy (non-hydrogen) atoms. The maximum Gasteiger partial charge on any atom is 0.252 e. The molecule has 4 atom stereocenters. The first-order valence-corrected chi connectivity index (χ1v) is 8.18. The van der Waals surface area contributed by atoms with Crippen LogP contribution in [0.1, 0.15) is 49.4 Å². The van der Waals surface area contributed by atoms with Gasteiger partial charge in [0, 0.05) is 12.2 Å². The summed E-state index contributed by atoms with van der Waals surface area (Å²) in [6.07, 6.45) is 6.37. The molecule has 4 N–H and O–H groups in total. The lowest BCUT2D eigenvalue weighted by Gasteiger charge is -2.49. The second-order valence-electron chi connectivity index (χ2n) is 6.94. The van der Waals surface area contributed by atoms with Gasteiger partial charge in [-0.25, -0.2) is 4.98 Å². The van der Waals surface area contributed by atoms with Gasteiger partial charge >= 0.3 is 0 Å². The maximum atomic E-state index is 11.6. The Morgan fingerprint density at radius 2 is 2.09 bits per heavy atom. The molecule has 2 bridgehead atoms. The van der Waals surface area contributed by atoms with Gasteiger partial charge in [-0.15, -0.1) is 0 Å². The summed E-state index contributed by atoms with van der Waals surface area (Å²) in [5.74, 6) is 0.282. The first kappa shape index (κ1) is 15.6. The average molecular weight is 324 g/mol. The van der Waals surface area contributed by atoms with Gasteiger partial charge in [0.2, 0.25) is 0 Å². The molecule has 0 aliphatic heterocycles. The summed E-state index contributed by atoms with van der Waals surface area (Å²) in [5, 5.41) is 14.2. The van der Waals surface area contributed by atoms with E-state index in [9.17, 15) is 9.90 Å². The smallest absolute Gasteiger partial charge is 0.252 e. The zero-order valence-electron chi connectivity index (χ0n) is 12.7. The third-order valence-corrected chi connectivity index (χ3v) is 5.23. The van der Waals surface area contributed by atoms with Gasteiger partial charge in [0.1, 0.15) is 5.15 Å². The van der Waals surface area contributed by atoms with Crippen molar-refractivity contribution in [2.24, 2.45) is 17.6 Å². The number of carbonyl (C=O) groups is 1. The lowest BCUT2D eigenvalue weighted by molar-refractivity contribution is -0.0432. The number of nitrogens with zero attached hydrogens (tertiary/aromatic N) is 1. The molecule has 1 aromatic heterocycles. The summed E-state index contributed by atoms with van der Waals surface area (Å²) in [5.41, 5.74) is 5.85. The van der Waals surface area contributed by atoms with Crippen LogP contribution in [0.25, 0.3) is 0 Å². The number of rotatable bonds is 3. The number of amides is 1. The van der Waals surface area contributed by atoms with Crippen molar-refractivity contribution in [2.45, 2.75) is 50.7 Å². The van der Waals surface area contributed by atoms with Gasteiger partial charge < -0.3 is 16.2 Å². The second-order valence-corrected chi connectivity index (χ2v) is 7.33. The van der Waals surface area contributed by atoms with E-state index >= 15 is 0 Å². The van der Waals surface area contributed by atoms with Gasteiger partial charge in [0.25, 0.3) is 5.91 Å². The third-order valence-electron chi connectivity index (χ3n) is 5.03. The van der Waals surface area contributed by atoms with E-state index in [1.807, 2.05) is 6.92 Å². The quantitative estimate of drug-likeness (QED) is 0.746. The van der Waals surface area contributed by atoms with Gasteiger partial charge in [-0.3, -0.25) is 4.79 Å². The number of carbonyl (C=O) groups excluding carboxylic acids is 1. The van der Waals surface area contributed by atoms with Crippen molar-refractivity contribution in [3.63, 3.8) is 0 Å². The van der Waals surface area contributed by atoms with Crippen molar-refractivity contribution in [1.29, 1.82) is 0 Å². The number of anilines is 1. The molecular formula is C16H22ClN3O2. The predicted molar refractivity (Wildman–Crippen MR) is 85.9 cm³/mol. The van der Waals surface area contributed by atoms with Crippen LogP contribution in [0.5, 0.6) is 0 Å². The highest BCUT2D eigenvalue weighted by molar-refractivity contribution is 6.29. The number of hydrogen-bond acceptors (Lipinski definition) is 4. The van der Waals surface area contributed by atoms with Crippen LogP contribution in [0.2, 0.25) is 5.15 Å². The van der Waals surface area contributed by atoms with Gasteiger partial charge in [-0.2, -0.15) is 0 Å². The summed E-state index contributed by atoms with van der Waals surface area (Å²) in [4.78, 5) is 15.5. The first-order valence-electron chi connectivity index (χ1n) is 7.80. The molecule has 2 aliphatic rings. The van der Waals surface area contributed by atoms with Gasteiger partial charge in [0.05, 0.1) is 16.9 Å².